The summed E-state index contributed by atoms with van der Waals surface area (Å²) in [7, 11) is 1.59. The number of aliphatic hydroxyl groups is 1. The average molecular weight is 289 g/mol. The fraction of sp³-hybridized carbons (Fsp3) is 0.250. The van der Waals surface area contributed by atoms with E-state index in [-0.39, 0.29) is 13.2 Å². The fourth-order valence-corrected chi connectivity index (χ4v) is 1.73. The molecule has 21 heavy (non-hydrogen) atoms. The molecule has 0 radical (unpaired) electrons. The number of anilines is 1. The van der Waals surface area contributed by atoms with Gasteiger partial charge in [-0.25, -0.2) is 0 Å². The minimum absolute atomic E-state index is 0.109. The maximum absolute atomic E-state index is 9.87. The van der Waals surface area contributed by atoms with Crippen molar-refractivity contribution in [1.29, 1.82) is 0 Å². The van der Waals surface area contributed by atoms with E-state index in [2.05, 4.69) is 0 Å². The molecule has 1 atom stereocenters. The average Bonchev–Trinajstić information content (AvgIpc) is 2.52. The van der Waals surface area contributed by atoms with E-state index in [1.165, 1.54) is 0 Å². The first kappa shape index (κ1) is 15.0. The Balaban J connectivity index is 1.79. The lowest BCUT2D eigenvalue weighted by Gasteiger charge is -2.14. The third kappa shape index (κ3) is 4.57. The maximum Gasteiger partial charge on any atom is 0.142 e. The number of hydrogen-bond donors (Lipinski definition) is 2. The Labute approximate surface area is 123 Å². The van der Waals surface area contributed by atoms with E-state index in [9.17, 15) is 5.11 Å². The first-order chi connectivity index (χ1) is 10.2. The second-order valence-electron chi connectivity index (χ2n) is 4.49. The van der Waals surface area contributed by atoms with Crippen molar-refractivity contribution in [3.8, 4) is 17.2 Å². The van der Waals surface area contributed by atoms with E-state index in [1.807, 2.05) is 24.3 Å². The number of ether oxygens (including phenoxy) is 3. The number of rotatable bonds is 7. The van der Waals surface area contributed by atoms with Crippen molar-refractivity contribution < 1.29 is 19.3 Å². The minimum atomic E-state index is -0.754. The molecule has 2 rings (SSSR count). The van der Waals surface area contributed by atoms with Gasteiger partial charge in [0.15, 0.2) is 0 Å². The van der Waals surface area contributed by atoms with Crippen LogP contribution in [0.2, 0.25) is 0 Å². The molecular weight excluding hydrogens is 270 g/mol. The highest BCUT2D eigenvalue weighted by Gasteiger charge is 2.08. The summed E-state index contributed by atoms with van der Waals surface area (Å²) in [6.45, 7) is 0.234. The van der Waals surface area contributed by atoms with E-state index in [1.54, 1.807) is 31.4 Å². The standard InChI is InChI=1S/C16H19NO4/c1-19-13-5-4-6-14(9-13)20-10-12(18)11-21-16-8-3-2-7-15(16)17/h2-9,12,18H,10-11,17H2,1H3. The molecule has 0 aromatic heterocycles. The van der Waals surface area contributed by atoms with Crippen molar-refractivity contribution >= 4 is 5.69 Å². The van der Waals surface area contributed by atoms with Gasteiger partial charge in [-0.05, 0) is 24.3 Å². The molecule has 0 saturated carbocycles. The highest BCUT2D eigenvalue weighted by molar-refractivity contribution is 5.51. The smallest absolute Gasteiger partial charge is 0.142 e. The maximum atomic E-state index is 9.87. The second-order valence-corrected chi connectivity index (χ2v) is 4.49. The zero-order valence-electron chi connectivity index (χ0n) is 11.9. The van der Waals surface area contributed by atoms with Crippen LogP contribution in [-0.2, 0) is 0 Å². The van der Waals surface area contributed by atoms with Crippen LogP contribution in [0.3, 0.4) is 0 Å². The highest BCUT2D eigenvalue weighted by atomic mass is 16.5. The number of aliphatic hydroxyl groups excluding tert-OH is 1. The van der Waals surface area contributed by atoms with Gasteiger partial charge in [0.25, 0.3) is 0 Å². The van der Waals surface area contributed by atoms with Crippen LogP contribution in [0.1, 0.15) is 0 Å². The van der Waals surface area contributed by atoms with Crippen molar-refractivity contribution in [3.05, 3.63) is 48.5 Å². The zero-order valence-corrected chi connectivity index (χ0v) is 11.9. The van der Waals surface area contributed by atoms with Crippen molar-refractivity contribution in [1.82, 2.24) is 0 Å². The predicted molar refractivity (Wildman–Crippen MR) is 80.8 cm³/mol. The predicted octanol–water partition coefficient (Wildman–Crippen LogP) is 2.10. The lowest BCUT2D eigenvalue weighted by Crippen LogP contribution is -2.25. The molecule has 0 aliphatic carbocycles. The van der Waals surface area contributed by atoms with Gasteiger partial charge in [0.1, 0.15) is 36.6 Å². The molecular formula is C16H19NO4. The normalized spacial score (nSPS) is 11.7. The number of para-hydroxylation sites is 2. The Morgan fingerprint density at radius 1 is 1.00 bits per heavy atom. The van der Waals surface area contributed by atoms with E-state index >= 15 is 0 Å². The van der Waals surface area contributed by atoms with Crippen molar-refractivity contribution in [3.63, 3.8) is 0 Å². The van der Waals surface area contributed by atoms with Crippen LogP contribution >= 0.6 is 0 Å². The number of nitrogen functional groups attached to an aromatic ring is 1. The van der Waals surface area contributed by atoms with Crippen LogP contribution in [0.5, 0.6) is 17.2 Å². The van der Waals surface area contributed by atoms with Gasteiger partial charge in [0.2, 0.25) is 0 Å². The first-order valence-electron chi connectivity index (χ1n) is 6.61. The molecule has 0 saturated heterocycles. The van der Waals surface area contributed by atoms with Gasteiger partial charge in [-0.2, -0.15) is 0 Å². The Hall–Kier alpha value is -2.40. The van der Waals surface area contributed by atoms with E-state index < -0.39 is 6.10 Å². The van der Waals surface area contributed by atoms with Gasteiger partial charge in [0, 0.05) is 6.07 Å². The highest BCUT2D eigenvalue weighted by Crippen LogP contribution is 2.21. The molecule has 2 aromatic rings. The summed E-state index contributed by atoms with van der Waals surface area (Å²) >= 11 is 0. The van der Waals surface area contributed by atoms with Crippen LogP contribution < -0.4 is 19.9 Å². The third-order valence-corrected chi connectivity index (χ3v) is 2.83. The zero-order chi connectivity index (χ0) is 15.1. The van der Waals surface area contributed by atoms with Crippen LogP contribution in [0.25, 0.3) is 0 Å². The van der Waals surface area contributed by atoms with Gasteiger partial charge >= 0.3 is 0 Å². The van der Waals surface area contributed by atoms with Gasteiger partial charge in [0.05, 0.1) is 12.8 Å². The number of nitrogens with two attached hydrogens (primary N) is 1. The number of benzene rings is 2. The van der Waals surface area contributed by atoms with Crippen molar-refractivity contribution in [2.45, 2.75) is 6.10 Å². The molecule has 3 N–H and O–H groups in total. The molecule has 0 amide bonds. The van der Waals surface area contributed by atoms with Crippen LogP contribution in [0, 0.1) is 0 Å². The molecule has 0 aliphatic heterocycles. The van der Waals surface area contributed by atoms with E-state index in [4.69, 9.17) is 19.9 Å². The fourth-order valence-electron chi connectivity index (χ4n) is 1.73. The Morgan fingerprint density at radius 3 is 2.48 bits per heavy atom. The first-order valence-corrected chi connectivity index (χ1v) is 6.61. The Kier molecular flexibility index (Phi) is 5.29. The summed E-state index contributed by atoms with van der Waals surface area (Å²) < 4.78 is 16.0. The summed E-state index contributed by atoms with van der Waals surface area (Å²) in [5.74, 6) is 1.89. The van der Waals surface area contributed by atoms with Crippen LogP contribution in [0.4, 0.5) is 5.69 Å². The molecule has 0 aliphatic rings. The molecule has 5 nitrogen and oxygen atoms in total. The van der Waals surface area contributed by atoms with E-state index in [0.717, 1.165) is 0 Å². The third-order valence-electron chi connectivity index (χ3n) is 2.83. The van der Waals surface area contributed by atoms with Gasteiger partial charge in [-0.1, -0.05) is 18.2 Å². The summed E-state index contributed by atoms with van der Waals surface area (Å²) in [5, 5.41) is 9.87. The van der Waals surface area contributed by atoms with Crippen LogP contribution in [-0.4, -0.2) is 31.5 Å². The lowest BCUT2D eigenvalue weighted by molar-refractivity contribution is 0.0628. The molecule has 1 unspecified atom stereocenters. The number of methoxy groups -OCH3 is 1. The molecule has 2 aromatic carbocycles. The molecule has 0 spiro atoms. The molecule has 112 valence electrons. The van der Waals surface area contributed by atoms with Crippen molar-refractivity contribution in [2.75, 3.05) is 26.1 Å². The quantitative estimate of drug-likeness (QED) is 0.764. The van der Waals surface area contributed by atoms with E-state index in [0.29, 0.717) is 22.9 Å². The summed E-state index contributed by atoms with van der Waals surface area (Å²) in [6.07, 6.45) is -0.754. The topological polar surface area (TPSA) is 73.9 Å². The largest absolute Gasteiger partial charge is 0.497 e. The molecule has 5 heteroatoms. The van der Waals surface area contributed by atoms with Gasteiger partial charge in [-0.3, -0.25) is 0 Å². The Morgan fingerprint density at radius 2 is 1.71 bits per heavy atom. The Bertz CT molecular complexity index is 574. The summed E-state index contributed by atoms with van der Waals surface area (Å²) in [4.78, 5) is 0. The minimum Gasteiger partial charge on any atom is -0.497 e. The summed E-state index contributed by atoms with van der Waals surface area (Å²) in [5.41, 5.74) is 6.29. The van der Waals surface area contributed by atoms with Gasteiger partial charge < -0.3 is 25.1 Å². The second kappa shape index (κ2) is 7.40. The van der Waals surface area contributed by atoms with Gasteiger partial charge in [-0.15, -0.1) is 0 Å². The molecule has 0 fully saturated rings. The summed E-state index contributed by atoms with van der Waals surface area (Å²) in [6, 6.07) is 14.3. The monoisotopic (exact) mass is 289 g/mol. The number of hydrogen-bond acceptors (Lipinski definition) is 5. The van der Waals surface area contributed by atoms with Crippen LogP contribution in [0.15, 0.2) is 48.5 Å². The SMILES string of the molecule is COc1cccc(OCC(O)COc2ccccc2N)c1. The van der Waals surface area contributed by atoms with Crippen molar-refractivity contribution in [2.24, 2.45) is 0 Å². The molecule has 0 bridgehead atoms. The molecule has 0 heterocycles. The lowest BCUT2D eigenvalue weighted by atomic mass is 10.3.